The number of halogens is 2. The summed E-state index contributed by atoms with van der Waals surface area (Å²) in [7, 11) is 9.36. The normalized spacial score (nSPS) is 44.2. The molecule has 0 aromatic heterocycles. The van der Waals surface area contributed by atoms with E-state index in [0.29, 0.717) is 35.8 Å². The summed E-state index contributed by atoms with van der Waals surface area (Å²) in [6.07, 6.45) is 8.22. The largest absolute Gasteiger partial charge is 1.00 e. The minimum absolute atomic E-state index is 0. The lowest BCUT2D eigenvalue weighted by atomic mass is 9.44. The first kappa shape index (κ1) is 37.6. The lowest BCUT2D eigenvalue weighted by Gasteiger charge is -2.62. The number of piperazine rings is 2. The maximum absolute atomic E-state index is 12.5. The van der Waals surface area contributed by atoms with E-state index in [9.17, 15) is 9.59 Å². The molecule has 0 N–H and O–H groups in total. The Morgan fingerprint density at radius 1 is 0.689 bits per heavy atom. The zero-order valence-corrected chi connectivity index (χ0v) is 32.6. The second kappa shape index (κ2) is 13.6. The van der Waals surface area contributed by atoms with Crippen LogP contribution < -0.4 is 34.0 Å². The van der Waals surface area contributed by atoms with Crippen molar-refractivity contribution in [2.24, 2.45) is 34.5 Å². The first-order valence-electron chi connectivity index (χ1n) is 17.6. The van der Waals surface area contributed by atoms with Gasteiger partial charge in [-0.05, 0) is 74.0 Å². The molecule has 0 aromatic carbocycles. The van der Waals surface area contributed by atoms with Gasteiger partial charge in [-0.15, -0.1) is 0 Å². The summed E-state index contributed by atoms with van der Waals surface area (Å²) < 4.78 is 14.6. The number of hydrogen-bond donors (Lipinski definition) is 0. The van der Waals surface area contributed by atoms with Crippen LogP contribution in [0.3, 0.4) is 0 Å². The molecule has 0 aromatic rings. The molecule has 2 aliphatic heterocycles. The van der Waals surface area contributed by atoms with E-state index in [2.05, 4.69) is 51.8 Å². The predicted molar refractivity (Wildman–Crippen MR) is 168 cm³/mol. The summed E-state index contributed by atoms with van der Waals surface area (Å²) in [6.45, 7) is 17.3. The smallest absolute Gasteiger partial charge is 0.302 e. The molecule has 10 heteroatoms. The van der Waals surface area contributed by atoms with Crippen LogP contribution in [0.15, 0.2) is 0 Å². The van der Waals surface area contributed by atoms with Gasteiger partial charge in [0.05, 0.1) is 54.4 Å². The number of nitrogens with zero attached hydrogens (tertiary/aromatic N) is 4. The summed E-state index contributed by atoms with van der Waals surface area (Å²) in [5.41, 5.74) is 0.308. The van der Waals surface area contributed by atoms with Gasteiger partial charge in [0.15, 0.2) is 0 Å². The number of carbonyl (C=O) groups is 2. The maximum Gasteiger partial charge on any atom is 0.302 e. The van der Waals surface area contributed by atoms with E-state index >= 15 is 0 Å². The van der Waals surface area contributed by atoms with Crippen molar-refractivity contribution < 1.29 is 62.0 Å². The minimum Gasteiger partial charge on any atom is -1.00 e. The van der Waals surface area contributed by atoms with Crippen LogP contribution in [0, 0.1) is 34.5 Å². The number of quaternary nitrogens is 2. The summed E-state index contributed by atoms with van der Waals surface area (Å²) in [6, 6.07) is 0.656. The lowest BCUT2D eigenvalue weighted by molar-refractivity contribution is -0.894. The van der Waals surface area contributed by atoms with Crippen LogP contribution in [0.1, 0.15) is 72.6 Å². The zero-order chi connectivity index (χ0) is 30.9. The molecule has 0 amide bonds. The standard InChI is InChI=1S/C35H62N4O4.2BrH/c1-24(40)42-32-21-26-9-10-27-28(35(26,4)23-31(32)37-15-19-39(7,8)20-16-37)11-12-34(3)29(27)22-30(33(34)43-25(2)41)36-13-17-38(5,6)18-14-36;;/h26-33H,9-23H2,1-8H3;2*1H/q+2;;/p-2/t26-,27+,28-,29-,30-,31-,32-,33-,34-,35-;;/m0../s1. The van der Waals surface area contributed by atoms with Crippen LogP contribution in [0.5, 0.6) is 0 Å². The average Bonchev–Trinajstić information content (AvgIpc) is 3.20. The molecular formula is C35H62Br2N4O4. The van der Waals surface area contributed by atoms with Crippen LogP contribution in [0.25, 0.3) is 0 Å². The Hall–Kier alpha value is -0.260. The van der Waals surface area contributed by atoms with E-state index in [1.165, 1.54) is 25.7 Å². The summed E-state index contributed by atoms with van der Waals surface area (Å²) >= 11 is 0. The van der Waals surface area contributed by atoms with Gasteiger partial charge in [-0.3, -0.25) is 19.4 Å². The molecule has 8 nitrogen and oxygen atoms in total. The molecular weight excluding hydrogens is 700 g/mol. The van der Waals surface area contributed by atoms with Gasteiger partial charge in [-0.25, -0.2) is 0 Å². The Kier molecular flexibility index (Phi) is 11.3. The summed E-state index contributed by atoms with van der Waals surface area (Å²) in [5.74, 6) is 2.35. The van der Waals surface area contributed by atoms with Crippen LogP contribution in [-0.2, 0) is 19.1 Å². The molecule has 4 aliphatic carbocycles. The van der Waals surface area contributed by atoms with Crippen LogP contribution in [0.2, 0.25) is 0 Å². The van der Waals surface area contributed by atoms with Gasteiger partial charge in [0, 0.05) is 57.5 Å². The molecule has 45 heavy (non-hydrogen) atoms. The second-order valence-corrected chi connectivity index (χ2v) is 17.5. The van der Waals surface area contributed by atoms with Gasteiger partial charge in [-0.1, -0.05) is 13.8 Å². The van der Waals surface area contributed by atoms with E-state index in [1.807, 2.05) is 0 Å². The monoisotopic (exact) mass is 760 g/mol. The van der Waals surface area contributed by atoms with Gasteiger partial charge >= 0.3 is 11.9 Å². The fourth-order valence-corrected chi connectivity index (χ4v) is 11.4. The number of hydrogen-bond acceptors (Lipinski definition) is 6. The molecule has 0 bridgehead atoms. The number of likely N-dealkylation sites (N-methyl/N-ethyl adjacent to an activating group) is 2. The third kappa shape index (κ3) is 7.08. The van der Waals surface area contributed by atoms with Gasteiger partial charge in [0.25, 0.3) is 0 Å². The molecule has 0 radical (unpaired) electrons. The molecule has 0 spiro atoms. The third-order valence-corrected chi connectivity index (χ3v) is 14.1. The van der Waals surface area contributed by atoms with Crippen molar-refractivity contribution in [2.75, 3.05) is 80.5 Å². The van der Waals surface area contributed by atoms with Crippen molar-refractivity contribution in [3.63, 3.8) is 0 Å². The van der Waals surface area contributed by atoms with Crippen LogP contribution >= 0.6 is 0 Å². The lowest BCUT2D eigenvalue weighted by Crippen LogP contribution is -3.00. The number of carbonyl (C=O) groups excluding carboxylic acids is 2. The molecule has 2 saturated heterocycles. The van der Waals surface area contributed by atoms with Gasteiger partial charge in [0.1, 0.15) is 12.2 Å². The van der Waals surface area contributed by atoms with E-state index in [4.69, 9.17) is 9.47 Å². The van der Waals surface area contributed by atoms with Gasteiger partial charge in [0.2, 0.25) is 0 Å². The number of fused-ring (bicyclic) bond motifs is 5. The highest BCUT2D eigenvalue weighted by molar-refractivity contribution is 5.66. The Morgan fingerprint density at radius 2 is 1.22 bits per heavy atom. The Morgan fingerprint density at radius 3 is 1.76 bits per heavy atom. The van der Waals surface area contributed by atoms with Crippen molar-refractivity contribution in [3.05, 3.63) is 0 Å². The van der Waals surface area contributed by atoms with Crippen molar-refractivity contribution in [2.45, 2.75) is 96.9 Å². The highest BCUT2D eigenvalue weighted by Gasteiger charge is 2.65. The Labute approximate surface area is 294 Å². The molecule has 0 unspecified atom stereocenters. The van der Waals surface area contributed by atoms with Crippen LogP contribution in [0.4, 0.5) is 0 Å². The van der Waals surface area contributed by atoms with Crippen molar-refractivity contribution in [3.8, 4) is 0 Å². The third-order valence-electron chi connectivity index (χ3n) is 14.1. The van der Waals surface area contributed by atoms with Gasteiger partial charge in [-0.2, -0.15) is 0 Å². The predicted octanol–water partition coefficient (Wildman–Crippen LogP) is -2.36. The number of ether oxygens (including phenoxy) is 2. The molecule has 260 valence electrons. The van der Waals surface area contributed by atoms with Crippen LogP contribution in [-0.4, -0.2) is 136 Å². The number of esters is 2. The van der Waals surface area contributed by atoms with E-state index in [1.54, 1.807) is 13.8 Å². The summed E-state index contributed by atoms with van der Waals surface area (Å²) in [4.78, 5) is 30.2. The molecule has 2 heterocycles. The van der Waals surface area contributed by atoms with E-state index < -0.39 is 0 Å². The molecule has 10 atom stereocenters. The average molecular weight is 763 g/mol. The van der Waals surface area contributed by atoms with Crippen molar-refractivity contribution in [1.29, 1.82) is 0 Å². The fraction of sp³-hybridized carbons (Fsp3) is 0.943. The zero-order valence-electron chi connectivity index (χ0n) is 29.4. The van der Waals surface area contributed by atoms with E-state index in [0.717, 1.165) is 80.6 Å². The molecule has 6 aliphatic rings. The topological polar surface area (TPSA) is 59.1 Å². The fourth-order valence-electron chi connectivity index (χ4n) is 11.4. The quantitative estimate of drug-likeness (QED) is 0.237. The SMILES string of the molecule is CC(=O)O[C@H]1C[C@@H]2CC[C@@H]3[C@H](CC[C@@]4(C)[C@H]3C[C@H](N3CC[N+](C)(C)CC3)[C@@H]4OC(C)=O)[C@@]2(C)C[C@@H]1N1CC[N+](C)(C)CC1.[Br-].[Br-]. The minimum atomic E-state index is -0.123. The van der Waals surface area contributed by atoms with Crippen molar-refractivity contribution in [1.82, 2.24) is 9.80 Å². The molecule has 6 rings (SSSR count). The second-order valence-electron chi connectivity index (χ2n) is 17.5. The Bertz CT molecular complexity index is 1070. The highest BCUT2D eigenvalue weighted by Crippen LogP contribution is 2.67. The molecule has 4 saturated carbocycles. The van der Waals surface area contributed by atoms with Crippen molar-refractivity contribution >= 4 is 11.9 Å². The van der Waals surface area contributed by atoms with E-state index in [-0.39, 0.29) is 68.9 Å². The van der Waals surface area contributed by atoms with Gasteiger partial charge < -0.3 is 52.4 Å². The molecule has 6 fully saturated rings. The number of rotatable bonds is 4. The first-order chi connectivity index (χ1) is 20.1. The first-order valence-corrected chi connectivity index (χ1v) is 17.6. The highest BCUT2D eigenvalue weighted by atomic mass is 79.9. The maximum atomic E-state index is 12.5. The Balaban J connectivity index is 0.00000230. The summed E-state index contributed by atoms with van der Waals surface area (Å²) in [5, 5.41) is 0.